The van der Waals surface area contributed by atoms with E-state index in [2.05, 4.69) is 44.8 Å². The molecule has 4 rings (SSSR count). The zero-order chi connectivity index (χ0) is 16.9. The maximum Gasteiger partial charge on any atom is 0.494 e. The van der Waals surface area contributed by atoms with Crippen molar-refractivity contribution >= 4 is 12.6 Å². The van der Waals surface area contributed by atoms with Gasteiger partial charge in [0.15, 0.2) is 0 Å². The lowest BCUT2D eigenvalue weighted by molar-refractivity contribution is 0.00578. The summed E-state index contributed by atoms with van der Waals surface area (Å²) >= 11 is 0. The van der Waals surface area contributed by atoms with Crippen molar-refractivity contribution in [2.75, 3.05) is 6.61 Å². The molecule has 5 heteroatoms. The maximum atomic E-state index is 6.23. The lowest BCUT2D eigenvalue weighted by Gasteiger charge is -2.32. The van der Waals surface area contributed by atoms with Gasteiger partial charge in [0.1, 0.15) is 5.75 Å². The van der Waals surface area contributed by atoms with Crippen LogP contribution in [0.25, 0.3) is 11.1 Å². The summed E-state index contributed by atoms with van der Waals surface area (Å²) in [6.45, 7) is 9.03. The van der Waals surface area contributed by atoms with Crippen LogP contribution in [0.5, 0.6) is 5.75 Å². The van der Waals surface area contributed by atoms with E-state index in [-0.39, 0.29) is 18.3 Å². The monoisotopic (exact) mass is 323 g/mol. The van der Waals surface area contributed by atoms with Gasteiger partial charge in [-0.3, -0.25) is 4.98 Å². The van der Waals surface area contributed by atoms with Gasteiger partial charge in [0.25, 0.3) is 0 Å². The molecule has 0 spiro atoms. The largest absolute Gasteiger partial charge is 0.494 e. The van der Waals surface area contributed by atoms with Crippen molar-refractivity contribution in [3.63, 3.8) is 0 Å². The number of hydrogen-bond acceptors (Lipinski definition) is 4. The molecule has 0 saturated carbocycles. The summed E-state index contributed by atoms with van der Waals surface area (Å²) in [4.78, 5) is 4.11. The summed E-state index contributed by atoms with van der Waals surface area (Å²) in [5.74, 6) is 0.974. The van der Waals surface area contributed by atoms with E-state index in [1.807, 2.05) is 12.1 Å². The van der Waals surface area contributed by atoms with E-state index in [0.717, 1.165) is 35.4 Å². The van der Waals surface area contributed by atoms with Crippen LogP contribution >= 0.6 is 0 Å². The molecule has 0 bridgehead atoms. The Labute approximate surface area is 143 Å². The Morgan fingerprint density at radius 3 is 2.33 bits per heavy atom. The van der Waals surface area contributed by atoms with E-state index in [1.165, 1.54) is 5.56 Å². The van der Waals surface area contributed by atoms with Crippen LogP contribution in [0.2, 0.25) is 0 Å². The Morgan fingerprint density at radius 2 is 1.67 bits per heavy atom. The molecule has 2 aliphatic heterocycles. The molecule has 0 atom stereocenters. The number of fused-ring (bicyclic) bond motifs is 1. The number of benzene rings is 1. The van der Waals surface area contributed by atoms with Gasteiger partial charge in [0.05, 0.1) is 17.8 Å². The van der Waals surface area contributed by atoms with E-state index in [0.29, 0.717) is 0 Å². The van der Waals surface area contributed by atoms with Gasteiger partial charge in [-0.2, -0.15) is 0 Å². The van der Waals surface area contributed by atoms with E-state index in [1.54, 1.807) is 12.4 Å². The second-order valence-electron chi connectivity index (χ2n) is 7.48. The van der Waals surface area contributed by atoms with E-state index < -0.39 is 0 Å². The highest BCUT2D eigenvalue weighted by Crippen LogP contribution is 2.39. The Kier molecular flexibility index (Phi) is 3.48. The topological polar surface area (TPSA) is 40.6 Å². The molecule has 124 valence electrons. The molecule has 2 aliphatic rings. The summed E-state index contributed by atoms with van der Waals surface area (Å²) in [6.07, 6.45) is 4.52. The zero-order valence-electron chi connectivity index (χ0n) is 14.6. The number of hydrogen-bond donors (Lipinski definition) is 0. The first-order valence-corrected chi connectivity index (χ1v) is 8.43. The standard InChI is InChI=1S/C19H22BNO3/c1-18(2)19(3,4)24-20(23-18)15-11-14-7-10-22-17(14)16(12-15)13-5-8-21-9-6-13/h5-6,8-9,11-12H,7,10H2,1-4H3. The fraction of sp³-hybridized carbons (Fsp3) is 0.421. The van der Waals surface area contributed by atoms with Crippen molar-refractivity contribution in [2.45, 2.75) is 45.3 Å². The molecule has 1 saturated heterocycles. The van der Waals surface area contributed by atoms with Crippen molar-refractivity contribution in [1.82, 2.24) is 4.98 Å². The summed E-state index contributed by atoms with van der Waals surface area (Å²) in [5.41, 5.74) is 3.76. The van der Waals surface area contributed by atoms with Gasteiger partial charge in [-0.25, -0.2) is 0 Å². The van der Waals surface area contributed by atoms with E-state index in [9.17, 15) is 0 Å². The Hall–Kier alpha value is -1.85. The maximum absolute atomic E-state index is 6.23. The van der Waals surface area contributed by atoms with Crippen molar-refractivity contribution in [3.05, 3.63) is 42.2 Å². The number of ether oxygens (including phenoxy) is 1. The zero-order valence-corrected chi connectivity index (χ0v) is 14.6. The molecule has 24 heavy (non-hydrogen) atoms. The molecule has 0 aliphatic carbocycles. The Balaban J connectivity index is 1.79. The predicted molar refractivity (Wildman–Crippen MR) is 94.6 cm³/mol. The van der Waals surface area contributed by atoms with Crippen LogP contribution in [0.15, 0.2) is 36.7 Å². The third-order valence-electron chi connectivity index (χ3n) is 5.32. The molecule has 3 heterocycles. The highest BCUT2D eigenvalue weighted by atomic mass is 16.7. The summed E-state index contributed by atoms with van der Waals surface area (Å²) in [6, 6.07) is 8.30. The third-order valence-corrected chi connectivity index (χ3v) is 5.32. The molecular weight excluding hydrogens is 301 g/mol. The van der Waals surface area contributed by atoms with Gasteiger partial charge < -0.3 is 14.0 Å². The van der Waals surface area contributed by atoms with Gasteiger partial charge in [-0.05, 0) is 56.4 Å². The smallest absolute Gasteiger partial charge is 0.492 e. The highest BCUT2D eigenvalue weighted by molar-refractivity contribution is 6.62. The van der Waals surface area contributed by atoms with Crippen molar-refractivity contribution in [1.29, 1.82) is 0 Å². The van der Waals surface area contributed by atoms with Gasteiger partial charge in [-0.1, -0.05) is 12.1 Å². The SMILES string of the molecule is CC1(C)OB(c2cc3c(c(-c4ccncc4)c2)OCC3)OC1(C)C. The summed E-state index contributed by atoms with van der Waals surface area (Å²) in [7, 11) is -0.360. The first-order chi connectivity index (χ1) is 11.4. The number of aromatic nitrogens is 1. The number of nitrogens with zero attached hydrogens (tertiary/aromatic N) is 1. The first-order valence-electron chi connectivity index (χ1n) is 8.43. The highest BCUT2D eigenvalue weighted by Gasteiger charge is 2.52. The number of pyridine rings is 1. The van der Waals surface area contributed by atoms with Gasteiger partial charge in [0, 0.05) is 24.4 Å². The average molecular weight is 323 g/mol. The molecule has 4 nitrogen and oxygen atoms in total. The van der Waals surface area contributed by atoms with Crippen LogP contribution in [0.4, 0.5) is 0 Å². The second kappa shape index (κ2) is 5.33. The molecule has 0 unspecified atom stereocenters. The molecule has 1 aromatic carbocycles. The second-order valence-corrected chi connectivity index (χ2v) is 7.48. The fourth-order valence-electron chi connectivity index (χ4n) is 3.19. The normalized spacial score (nSPS) is 20.8. The van der Waals surface area contributed by atoms with Crippen molar-refractivity contribution in [2.24, 2.45) is 0 Å². The minimum atomic E-state index is -0.360. The summed E-state index contributed by atoms with van der Waals surface area (Å²) in [5, 5.41) is 0. The molecule has 1 aromatic heterocycles. The Bertz CT molecular complexity index is 758. The van der Waals surface area contributed by atoms with Crippen molar-refractivity contribution in [3.8, 4) is 16.9 Å². The lowest BCUT2D eigenvalue weighted by Crippen LogP contribution is -2.41. The summed E-state index contributed by atoms with van der Waals surface area (Å²) < 4.78 is 18.3. The minimum absolute atomic E-state index is 0.343. The molecule has 2 aromatic rings. The average Bonchev–Trinajstić information content (AvgIpc) is 3.09. The van der Waals surface area contributed by atoms with Gasteiger partial charge >= 0.3 is 7.12 Å². The van der Waals surface area contributed by atoms with Crippen LogP contribution in [0.3, 0.4) is 0 Å². The molecule has 1 fully saturated rings. The van der Waals surface area contributed by atoms with Crippen LogP contribution < -0.4 is 10.2 Å². The molecule has 0 amide bonds. The van der Waals surface area contributed by atoms with Crippen LogP contribution in [0.1, 0.15) is 33.3 Å². The third kappa shape index (κ3) is 2.43. The molecule has 0 N–H and O–H groups in total. The van der Waals surface area contributed by atoms with Crippen LogP contribution in [0, 0.1) is 0 Å². The number of rotatable bonds is 2. The van der Waals surface area contributed by atoms with E-state index in [4.69, 9.17) is 14.0 Å². The fourth-order valence-corrected chi connectivity index (χ4v) is 3.19. The molecular formula is C19H22BNO3. The Morgan fingerprint density at radius 1 is 1.00 bits per heavy atom. The quantitative estimate of drug-likeness (QED) is 0.797. The van der Waals surface area contributed by atoms with Crippen LogP contribution in [-0.2, 0) is 15.7 Å². The van der Waals surface area contributed by atoms with Gasteiger partial charge in [0.2, 0.25) is 0 Å². The van der Waals surface area contributed by atoms with E-state index >= 15 is 0 Å². The van der Waals surface area contributed by atoms with Crippen LogP contribution in [-0.4, -0.2) is 29.9 Å². The molecule has 0 radical (unpaired) electrons. The van der Waals surface area contributed by atoms with Crippen molar-refractivity contribution < 1.29 is 14.0 Å². The lowest BCUT2D eigenvalue weighted by atomic mass is 9.76. The van der Waals surface area contributed by atoms with Gasteiger partial charge in [-0.15, -0.1) is 0 Å². The first kappa shape index (κ1) is 15.7. The minimum Gasteiger partial charge on any atom is -0.492 e. The predicted octanol–water partition coefficient (Wildman–Crippen LogP) is 2.98.